The van der Waals surface area contributed by atoms with Crippen LogP contribution in [-0.4, -0.2) is 42.6 Å². The van der Waals surface area contributed by atoms with Gasteiger partial charge in [0.15, 0.2) is 0 Å². The number of nitrogens with zero attached hydrogens (tertiary/aromatic N) is 3. The van der Waals surface area contributed by atoms with E-state index in [1.165, 1.54) is 0 Å². The Labute approximate surface area is 120 Å². The number of hydrogen-bond acceptors (Lipinski definition) is 4. The molecule has 1 aliphatic heterocycles. The highest BCUT2D eigenvalue weighted by molar-refractivity contribution is 6.31. The molecule has 19 heavy (non-hydrogen) atoms. The van der Waals surface area contributed by atoms with Crippen LogP contribution in [0, 0.1) is 0 Å². The van der Waals surface area contributed by atoms with Crippen LogP contribution in [0.15, 0.2) is 12.1 Å². The van der Waals surface area contributed by atoms with Gasteiger partial charge in [-0.2, -0.15) is 0 Å². The van der Waals surface area contributed by atoms with Gasteiger partial charge >= 0.3 is 0 Å². The van der Waals surface area contributed by atoms with Crippen LogP contribution in [0.5, 0.6) is 0 Å². The van der Waals surface area contributed by atoms with E-state index in [9.17, 15) is 0 Å². The molecule has 1 aliphatic rings. The zero-order valence-electron chi connectivity index (χ0n) is 11.8. The number of hydrogen-bond donors (Lipinski definition) is 1. The van der Waals surface area contributed by atoms with Crippen molar-refractivity contribution in [2.75, 3.05) is 31.6 Å². The van der Waals surface area contributed by atoms with Crippen LogP contribution in [0.4, 0.5) is 5.82 Å². The Morgan fingerprint density at radius 2 is 2.21 bits per heavy atom. The van der Waals surface area contributed by atoms with Crippen molar-refractivity contribution < 1.29 is 0 Å². The van der Waals surface area contributed by atoms with Crippen molar-refractivity contribution in [2.24, 2.45) is 5.73 Å². The van der Waals surface area contributed by atoms with Gasteiger partial charge in [0.2, 0.25) is 0 Å². The Kier molecular flexibility index (Phi) is 5.02. The van der Waals surface area contributed by atoms with Crippen molar-refractivity contribution in [2.45, 2.75) is 32.4 Å². The van der Waals surface area contributed by atoms with Crippen molar-refractivity contribution in [3.05, 3.63) is 22.8 Å². The molecule has 1 fully saturated rings. The quantitative estimate of drug-likeness (QED) is 0.922. The molecule has 0 amide bonds. The molecule has 1 atom stereocenters. The predicted molar refractivity (Wildman–Crippen MR) is 80.7 cm³/mol. The Morgan fingerprint density at radius 3 is 2.89 bits per heavy atom. The first-order valence-electron chi connectivity index (χ1n) is 6.96. The van der Waals surface area contributed by atoms with Crippen molar-refractivity contribution in [3.63, 3.8) is 0 Å². The van der Waals surface area contributed by atoms with Gasteiger partial charge in [0.1, 0.15) is 5.82 Å². The van der Waals surface area contributed by atoms with Gasteiger partial charge in [-0.25, -0.2) is 4.98 Å². The maximum absolute atomic E-state index is 6.09. The van der Waals surface area contributed by atoms with E-state index in [4.69, 9.17) is 17.3 Å². The lowest BCUT2D eigenvalue weighted by molar-refractivity contribution is 0.327. The summed E-state index contributed by atoms with van der Waals surface area (Å²) < 4.78 is 0. The summed E-state index contributed by atoms with van der Waals surface area (Å²) in [5.41, 5.74) is 6.48. The minimum atomic E-state index is 0.386. The van der Waals surface area contributed by atoms with Crippen molar-refractivity contribution in [3.8, 4) is 0 Å². The molecule has 1 saturated heterocycles. The van der Waals surface area contributed by atoms with Gasteiger partial charge in [0.25, 0.3) is 0 Å². The molecule has 106 valence electrons. The van der Waals surface area contributed by atoms with E-state index in [1.54, 1.807) is 0 Å². The van der Waals surface area contributed by atoms with Crippen LogP contribution < -0.4 is 10.6 Å². The van der Waals surface area contributed by atoms with E-state index in [0.717, 1.165) is 44.0 Å². The molecule has 0 spiro atoms. The van der Waals surface area contributed by atoms with Crippen LogP contribution in [0.3, 0.4) is 0 Å². The van der Waals surface area contributed by atoms with E-state index in [1.807, 2.05) is 12.1 Å². The molecule has 5 heteroatoms. The second-order valence-corrected chi connectivity index (χ2v) is 5.58. The zero-order chi connectivity index (χ0) is 13.8. The SMILES string of the molecule is CCC1CN(C)CCCN1c1ccc(Cl)c(CN)n1. The number of aromatic nitrogens is 1. The van der Waals surface area contributed by atoms with Crippen LogP contribution in [0.2, 0.25) is 5.02 Å². The Balaban J connectivity index is 2.27. The maximum atomic E-state index is 6.09. The van der Waals surface area contributed by atoms with Gasteiger partial charge in [0.05, 0.1) is 10.7 Å². The van der Waals surface area contributed by atoms with Gasteiger partial charge in [-0.05, 0) is 38.6 Å². The zero-order valence-corrected chi connectivity index (χ0v) is 12.5. The highest BCUT2D eigenvalue weighted by atomic mass is 35.5. The largest absolute Gasteiger partial charge is 0.352 e. The average Bonchev–Trinajstić information content (AvgIpc) is 2.60. The van der Waals surface area contributed by atoms with E-state index in [-0.39, 0.29) is 0 Å². The average molecular weight is 283 g/mol. The number of anilines is 1. The van der Waals surface area contributed by atoms with Crippen LogP contribution in [0.25, 0.3) is 0 Å². The van der Waals surface area contributed by atoms with Gasteiger partial charge in [0, 0.05) is 25.7 Å². The number of rotatable bonds is 3. The number of nitrogens with two attached hydrogens (primary N) is 1. The molecule has 0 saturated carbocycles. The van der Waals surface area contributed by atoms with E-state index in [2.05, 4.69) is 28.8 Å². The van der Waals surface area contributed by atoms with Crippen LogP contribution in [-0.2, 0) is 6.54 Å². The fraction of sp³-hybridized carbons (Fsp3) is 0.643. The fourth-order valence-electron chi connectivity index (χ4n) is 2.67. The standard InChI is InChI=1S/C14H23ClN4/c1-3-11-10-18(2)7-4-8-19(11)14-6-5-12(15)13(9-16)17-14/h5-6,11H,3-4,7-10,16H2,1-2H3. The van der Waals surface area contributed by atoms with Gasteiger partial charge in [-0.3, -0.25) is 0 Å². The molecule has 2 rings (SSSR count). The molecule has 0 aliphatic carbocycles. The lowest BCUT2D eigenvalue weighted by Gasteiger charge is -2.31. The molecule has 1 aromatic rings. The molecule has 0 aromatic carbocycles. The first-order valence-corrected chi connectivity index (χ1v) is 7.34. The lowest BCUT2D eigenvalue weighted by atomic mass is 10.2. The third-order valence-electron chi connectivity index (χ3n) is 3.76. The molecular weight excluding hydrogens is 260 g/mol. The molecule has 1 unspecified atom stereocenters. The third kappa shape index (κ3) is 3.38. The van der Waals surface area contributed by atoms with Crippen molar-refractivity contribution in [1.82, 2.24) is 9.88 Å². The van der Waals surface area contributed by atoms with E-state index in [0.29, 0.717) is 17.6 Å². The number of halogens is 1. The summed E-state index contributed by atoms with van der Waals surface area (Å²) in [7, 11) is 2.19. The normalized spacial score (nSPS) is 21.5. The maximum Gasteiger partial charge on any atom is 0.129 e. The second-order valence-electron chi connectivity index (χ2n) is 5.17. The third-order valence-corrected chi connectivity index (χ3v) is 4.11. The predicted octanol–water partition coefficient (Wildman–Crippen LogP) is 2.11. The minimum Gasteiger partial charge on any atom is -0.352 e. The van der Waals surface area contributed by atoms with Gasteiger partial charge in [-0.1, -0.05) is 18.5 Å². The first-order chi connectivity index (χ1) is 9.15. The first kappa shape index (κ1) is 14.6. The molecule has 4 nitrogen and oxygen atoms in total. The Morgan fingerprint density at radius 1 is 1.42 bits per heavy atom. The number of pyridine rings is 1. The summed E-state index contributed by atoms with van der Waals surface area (Å²) in [6.07, 6.45) is 2.28. The smallest absolute Gasteiger partial charge is 0.129 e. The summed E-state index contributed by atoms with van der Waals surface area (Å²) in [5.74, 6) is 1.01. The molecule has 1 aromatic heterocycles. The highest BCUT2D eigenvalue weighted by Gasteiger charge is 2.23. The van der Waals surface area contributed by atoms with Crippen LogP contribution >= 0.6 is 11.6 Å². The van der Waals surface area contributed by atoms with Crippen LogP contribution in [0.1, 0.15) is 25.5 Å². The molecule has 0 bridgehead atoms. The monoisotopic (exact) mass is 282 g/mol. The van der Waals surface area contributed by atoms with Gasteiger partial charge < -0.3 is 15.5 Å². The Hall–Kier alpha value is -0.840. The fourth-order valence-corrected chi connectivity index (χ4v) is 2.85. The molecule has 2 heterocycles. The Bertz CT molecular complexity index is 424. The molecule has 0 radical (unpaired) electrons. The van der Waals surface area contributed by atoms with Crippen molar-refractivity contribution >= 4 is 17.4 Å². The summed E-state index contributed by atoms with van der Waals surface area (Å²) in [5, 5.41) is 0.659. The summed E-state index contributed by atoms with van der Waals surface area (Å²) in [6, 6.07) is 4.43. The van der Waals surface area contributed by atoms with E-state index >= 15 is 0 Å². The molecular formula is C14H23ClN4. The summed E-state index contributed by atoms with van der Waals surface area (Å²) >= 11 is 6.09. The van der Waals surface area contributed by atoms with Gasteiger partial charge in [-0.15, -0.1) is 0 Å². The highest BCUT2D eigenvalue weighted by Crippen LogP contribution is 2.23. The number of likely N-dealkylation sites (N-methyl/N-ethyl adjacent to an activating group) is 1. The topological polar surface area (TPSA) is 45.4 Å². The summed E-state index contributed by atoms with van der Waals surface area (Å²) in [4.78, 5) is 9.43. The molecule has 2 N–H and O–H groups in total. The van der Waals surface area contributed by atoms with E-state index < -0.39 is 0 Å². The summed E-state index contributed by atoms with van der Waals surface area (Å²) in [6.45, 7) is 5.89. The second kappa shape index (κ2) is 6.55. The minimum absolute atomic E-state index is 0.386. The lowest BCUT2D eigenvalue weighted by Crippen LogP contribution is -2.40. The van der Waals surface area contributed by atoms with Crippen molar-refractivity contribution in [1.29, 1.82) is 0 Å².